The Bertz CT molecular complexity index is 809. The predicted molar refractivity (Wildman–Crippen MR) is 116 cm³/mol. The first kappa shape index (κ1) is 24.9. The van der Waals surface area contributed by atoms with Gasteiger partial charge in [-0.25, -0.2) is 0 Å². The Morgan fingerprint density at radius 3 is 2.87 bits per heavy atom. The Balaban J connectivity index is 0.00000341. The highest BCUT2D eigenvalue weighted by Gasteiger charge is 2.31. The number of hydrogen-bond donors (Lipinski definition) is 3. The molecule has 2 aliphatic rings. The number of carbonyl (C=O) groups is 3. The number of likely N-dealkylation sites (tertiary alicyclic amines) is 1. The van der Waals surface area contributed by atoms with Crippen molar-refractivity contribution >= 4 is 30.2 Å². The normalized spacial score (nSPS) is 19.7. The van der Waals surface area contributed by atoms with Crippen molar-refractivity contribution in [3.63, 3.8) is 0 Å². The van der Waals surface area contributed by atoms with Crippen LogP contribution in [-0.2, 0) is 14.4 Å². The number of aromatic nitrogens is 1. The number of amides is 2. The predicted octanol–water partition coefficient (Wildman–Crippen LogP) is 1.98. The fourth-order valence-corrected chi connectivity index (χ4v) is 3.97. The van der Waals surface area contributed by atoms with Gasteiger partial charge in [-0.05, 0) is 39.2 Å². The maximum absolute atomic E-state index is 12.8. The zero-order valence-electron chi connectivity index (χ0n) is 17.8. The van der Waals surface area contributed by atoms with Crippen molar-refractivity contribution in [2.45, 2.75) is 51.5 Å². The highest BCUT2D eigenvalue weighted by atomic mass is 35.5. The number of aryl methyl sites for hydroxylation is 1. The zero-order valence-corrected chi connectivity index (χ0v) is 18.6. The van der Waals surface area contributed by atoms with Crippen LogP contribution < -0.4 is 10.6 Å². The van der Waals surface area contributed by atoms with E-state index in [0.29, 0.717) is 37.4 Å². The smallest absolute Gasteiger partial charge is 0.305 e. The van der Waals surface area contributed by atoms with Crippen LogP contribution in [0.2, 0.25) is 0 Å². The lowest BCUT2D eigenvalue weighted by molar-refractivity contribution is -0.138. The van der Waals surface area contributed by atoms with Crippen molar-refractivity contribution in [1.82, 2.24) is 20.7 Å². The molecule has 3 rings (SSSR count). The molecule has 1 unspecified atom stereocenters. The fraction of sp³-hybridized carbons (Fsp3) is 0.619. The molecule has 0 aromatic carbocycles. The van der Waals surface area contributed by atoms with Gasteiger partial charge in [0.05, 0.1) is 18.0 Å². The maximum Gasteiger partial charge on any atom is 0.305 e. The van der Waals surface area contributed by atoms with Crippen LogP contribution in [0.3, 0.4) is 0 Å². The average Bonchev–Trinajstić information content (AvgIpc) is 3.18. The molecule has 0 radical (unpaired) electrons. The number of carboxylic acid groups (broad SMARTS) is 1. The minimum Gasteiger partial charge on any atom is -0.481 e. The molecule has 1 aromatic rings. The van der Waals surface area contributed by atoms with E-state index in [0.717, 1.165) is 32.4 Å². The van der Waals surface area contributed by atoms with Gasteiger partial charge in [-0.15, -0.1) is 12.4 Å². The standard InChI is InChI=1S/C21H30N4O5.ClH/c1-14-11-18(30-24-14)17(12-20(27)28)23-21(29)16-3-2-10-25(13-16)19(26)5-4-15-6-8-22-9-7-15;/h6,11,16-17,22H,2-5,7-10,12-13H2,1H3,(H,23,29)(H,27,28);1H/t16-,17?;/m1./s1. The molecular weight excluding hydrogens is 424 g/mol. The van der Waals surface area contributed by atoms with Gasteiger partial charge in [-0.1, -0.05) is 16.8 Å². The first-order valence-electron chi connectivity index (χ1n) is 10.5. The lowest BCUT2D eigenvalue weighted by atomic mass is 9.95. The summed E-state index contributed by atoms with van der Waals surface area (Å²) in [6.45, 7) is 4.56. The van der Waals surface area contributed by atoms with Crippen LogP contribution in [0, 0.1) is 12.8 Å². The number of carboxylic acids is 1. The van der Waals surface area contributed by atoms with Gasteiger partial charge in [-0.2, -0.15) is 0 Å². The molecule has 10 heteroatoms. The summed E-state index contributed by atoms with van der Waals surface area (Å²) in [6.07, 6.45) is 5.48. The molecule has 3 heterocycles. The molecule has 3 N–H and O–H groups in total. The van der Waals surface area contributed by atoms with Gasteiger partial charge in [0.2, 0.25) is 11.8 Å². The van der Waals surface area contributed by atoms with Crippen molar-refractivity contribution in [2.75, 3.05) is 26.2 Å². The largest absolute Gasteiger partial charge is 0.481 e. The maximum atomic E-state index is 12.8. The number of piperidine rings is 1. The van der Waals surface area contributed by atoms with Gasteiger partial charge in [0.15, 0.2) is 5.76 Å². The minimum atomic E-state index is -1.04. The van der Waals surface area contributed by atoms with Gasteiger partial charge < -0.3 is 25.2 Å². The van der Waals surface area contributed by atoms with E-state index in [1.54, 1.807) is 17.9 Å². The van der Waals surface area contributed by atoms with Gasteiger partial charge >= 0.3 is 5.97 Å². The number of rotatable bonds is 8. The summed E-state index contributed by atoms with van der Waals surface area (Å²) >= 11 is 0. The van der Waals surface area contributed by atoms with Crippen LogP contribution in [0.4, 0.5) is 0 Å². The lowest BCUT2D eigenvalue weighted by Gasteiger charge is -2.33. The summed E-state index contributed by atoms with van der Waals surface area (Å²) in [5, 5.41) is 19.0. The lowest BCUT2D eigenvalue weighted by Crippen LogP contribution is -2.46. The molecular formula is C21H31ClN4O5. The summed E-state index contributed by atoms with van der Waals surface area (Å²) in [6, 6.07) is 0.842. The second-order valence-electron chi connectivity index (χ2n) is 8.03. The van der Waals surface area contributed by atoms with Gasteiger partial charge in [0, 0.05) is 32.1 Å². The van der Waals surface area contributed by atoms with E-state index in [1.165, 1.54) is 5.57 Å². The molecule has 1 aromatic heterocycles. The SMILES string of the molecule is Cc1cc(C(CC(=O)O)NC(=O)[C@@H]2CCCN(C(=O)CCC3=CCNCC3)C2)on1.Cl. The number of nitrogens with one attached hydrogen (secondary N) is 2. The first-order chi connectivity index (χ1) is 14.4. The Labute approximate surface area is 188 Å². The highest BCUT2D eigenvalue weighted by molar-refractivity contribution is 5.85. The summed E-state index contributed by atoms with van der Waals surface area (Å²) in [4.78, 5) is 38.5. The number of carbonyl (C=O) groups excluding carboxylic acids is 2. The number of hydrogen-bond acceptors (Lipinski definition) is 6. The van der Waals surface area contributed by atoms with E-state index < -0.39 is 12.0 Å². The number of aliphatic carboxylic acids is 1. The van der Waals surface area contributed by atoms with Crippen LogP contribution in [-0.4, -0.2) is 59.1 Å². The summed E-state index contributed by atoms with van der Waals surface area (Å²) in [5.41, 5.74) is 1.93. The average molecular weight is 455 g/mol. The molecule has 0 bridgehead atoms. The van der Waals surface area contributed by atoms with Crippen LogP contribution in [0.5, 0.6) is 0 Å². The molecule has 2 aliphatic heterocycles. The van der Waals surface area contributed by atoms with Gasteiger partial charge in [-0.3, -0.25) is 14.4 Å². The van der Waals surface area contributed by atoms with E-state index in [4.69, 9.17) is 4.52 Å². The van der Waals surface area contributed by atoms with E-state index in [2.05, 4.69) is 21.9 Å². The van der Waals surface area contributed by atoms with E-state index in [9.17, 15) is 19.5 Å². The van der Waals surface area contributed by atoms with Crippen molar-refractivity contribution in [3.05, 3.63) is 29.2 Å². The highest BCUT2D eigenvalue weighted by Crippen LogP contribution is 2.23. The Kier molecular flexibility index (Phi) is 9.51. The molecule has 172 valence electrons. The number of halogens is 1. The van der Waals surface area contributed by atoms with E-state index in [1.807, 2.05) is 0 Å². The van der Waals surface area contributed by atoms with Crippen LogP contribution in [0.15, 0.2) is 22.2 Å². The second kappa shape index (κ2) is 11.9. The summed E-state index contributed by atoms with van der Waals surface area (Å²) in [7, 11) is 0. The molecule has 1 fully saturated rings. The van der Waals surface area contributed by atoms with E-state index in [-0.39, 0.29) is 36.6 Å². The third-order valence-electron chi connectivity index (χ3n) is 5.65. The Hall–Kier alpha value is -2.39. The molecule has 0 spiro atoms. The Morgan fingerprint density at radius 2 is 2.23 bits per heavy atom. The van der Waals surface area contributed by atoms with Crippen LogP contribution in [0.25, 0.3) is 0 Å². The van der Waals surface area contributed by atoms with Crippen LogP contribution >= 0.6 is 12.4 Å². The number of nitrogens with zero attached hydrogens (tertiary/aromatic N) is 2. The van der Waals surface area contributed by atoms with Crippen molar-refractivity contribution in [1.29, 1.82) is 0 Å². The first-order valence-corrected chi connectivity index (χ1v) is 10.5. The van der Waals surface area contributed by atoms with Gasteiger partial charge in [0.25, 0.3) is 0 Å². The molecule has 2 atom stereocenters. The molecule has 31 heavy (non-hydrogen) atoms. The third-order valence-corrected chi connectivity index (χ3v) is 5.65. The molecule has 2 amide bonds. The van der Waals surface area contributed by atoms with E-state index >= 15 is 0 Å². The molecule has 0 aliphatic carbocycles. The van der Waals surface area contributed by atoms with Crippen molar-refractivity contribution < 1.29 is 24.0 Å². The molecule has 1 saturated heterocycles. The molecule has 9 nitrogen and oxygen atoms in total. The van der Waals surface area contributed by atoms with Crippen molar-refractivity contribution in [3.8, 4) is 0 Å². The monoisotopic (exact) mass is 454 g/mol. The fourth-order valence-electron chi connectivity index (χ4n) is 3.97. The van der Waals surface area contributed by atoms with Gasteiger partial charge in [0.1, 0.15) is 6.04 Å². The summed E-state index contributed by atoms with van der Waals surface area (Å²) < 4.78 is 5.16. The zero-order chi connectivity index (χ0) is 21.5. The minimum absolute atomic E-state index is 0. The quantitative estimate of drug-likeness (QED) is 0.513. The second-order valence-corrected chi connectivity index (χ2v) is 8.03. The van der Waals surface area contributed by atoms with Crippen molar-refractivity contribution in [2.24, 2.45) is 5.92 Å². The Morgan fingerprint density at radius 1 is 1.42 bits per heavy atom. The third kappa shape index (κ3) is 7.36. The topological polar surface area (TPSA) is 125 Å². The van der Waals surface area contributed by atoms with Crippen LogP contribution in [0.1, 0.15) is 56.0 Å². The molecule has 0 saturated carbocycles. The summed E-state index contributed by atoms with van der Waals surface area (Å²) in [5.74, 6) is -1.26.